The zero-order valence-corrected chi connectivity index (χ0v) is 19.9. The molecule has 1 unspecified atom stereocenters. The van der Waals surface area contributed by atoms with E-state index in [4.69, 9.17) is 4.74 Å². The highest BCUT2D eigenvalue weighted by Gasteiger charge is 2.45. The molecule has 0 aliphatic carbocycles. The van der Waals surface area contributed by atoms with Gasteiger partial charge in [0.2, 0.25) is 11.8 Å². The van der Waals surface area contributed by atoms with Crippen molar-refractivity contribution in [3.8, 4) is 5.75 Å². The van der Waals surface area contributed by atoms with Gasteiger partial charge in [0.1, 0.15) is 17.0 Å². The highest BCUT2D eigenvalue weighted by molar-refractivity contribution is 6.03. The smallest absolute Gasteiger partial charge is 0.271 e. The summed E-state index contributed by atoms with van der Waals surface area (Å²) in [6.07, 6.45) is 0.0948. The lowest BCUT2D eigenvalue weighted by molar-refractivity contribution is -0.134. The van der Waals surface area contributed by atoms with Gasteiger partial charge in [0.05, 0.1) is 19.2 Å². The summed E-state index contributed by atoms with van der Waals surface area (Å²) in [7, 11) is 1.62. The first-order chi connectivity index (χ1) is 16.2. The van der Waals surface area contributed by atoms with Crippen LogP contribution in [0.4, 0.5) is 0 Å². The zero-order chi connectivity index (χ0) is 24.5. The van der Waals surface area contributed by atoms with Gasteiger partial charge >= 0.3 is 0 Å². The third-order valence-corrected chi connectivity index (χ3v) is 6.22. The van der Waals surface area contributed by atoms with Crippen molar-refractivity contribution < 1.29 is 19.1 Å². The second kappa shape index (κ2) is 9.21. The van der Waals surface area contributed by atoms with Crippen LogP contribution >= 0.6 is 0 Å². The molecule has 4 rings (SSSR count). The van der Waals surface area contributed by atoms with Crippen LogP contribution in [0, 0.1) is 0 Å². The molecule has 1 aliphatic heterocycles. The Morgan fingerprint density at radius 1 is 1.09 bits per heavy atom. The maximum atomic E-state index is 13.1. The number of para-hydroxylation sites is 1. The van der Waals surface area contributed by atoms with Crippen molar-refractivity contribution in [2.24, 2.45) is 0 Å². The fraction of sp³-hybridized carbons (Fsp3) is 0.346. The fourth-order valence-corrected chi connectivity index (χ4v) is 4.16. The van der Waals surface area contributed by atoms with E-state index >= 15 is 0 Å². The van der Waals surface area contributed by atoms with Crippen LogP contribution in [0.3, 0.4) is 0 Å². The van der Waals surface area contributed by atoms with Crippen LogP contribution in [-0.2, 0) is 22.7 Å². The van der Waals surface area contributed by atoms with Crippen molar-refractivity contribution in [3.63, 3.8) is 0 Å². The summed E-state index contributed by atoms with van der Waals surface area (Å²) < 4.78 is 7.50. The number of fused-ring (bicyclic) bond motifs is 3. The highest BCUT2D eigenvalue weighted by Crippen LogP contribution is 2.31. The molecular formula is C26H30N4O4. The Morgan fingerprint density at radius 3 is 2.50 bits per heavy atom. The van der Waals surface area contributed by atoms with E-state index < -0.39 is 5.54 Å². The molecule has 34 heavy (non-hydrogen) atoms. The first kappa shape index (κ1) is 23.4. The summed E-state index contributed by atoms with van der Waals surface area (Å²) in [5.74, 6) is -0.140. The van der Waals surface area contributed by atoms with Crippen molar-refractivity contribution in [1.29, 1.82) is 0 Å². The summed E-state index contributed by atoms with van der Waals surface area (Å²) in [5.41, 5.74) is 1.25. The van der Waals surface area contributed by atoms with Crippen LogP contribution in [0.15, 0.2) is 54.6 Å². The third-order valence-electron chi connectivity index (χ3n) is 6.22. The highest BCUT2D eigenvalue weighted by atomic mass is 16.5. The number of rotatable bonds is 7. The van der Waals surface area contributed by atoms with Crippen LogP contribution < -0.4 is 15.4 Å². The van der Waals surface area contributed by atoms with Crippen molar-refractivity contribution in [3.05, 3.63) is 65.9 Å². The fourth-order valence-electron chi connectivity index (χ4n) is 4.16. The van der Waals surface area contributed by atoms with E-state index in [1.807, 2.05) is 73.0 Å². The Hall–Kier alpha value is -3.81. The molecule has 0 saturated heterocycles. The van der Waals surface area contributed by atoms with Crippen LogP contribution in [0.25, 0.3) is 10.9 Å². The maximum Gasteiger partial charge on any atom is 0.271 e. The molecule has 2 heterocycles. The topological polar surface area (TPSA) is 92.7 Å². The molecule has 1 atom stereocenters. The number of hydrogen-bond donors (Lipinski definition) is 2. The van der Waals surface area contributed by atoms with Crippen molar-refractivity contribution >= 4 is 28.6 Å². The number of nitrogens with zero attached hydrogens (tertiary/aromatic N) is 2. The van der Waals surface area contributed by atoms with Crippen LogP contribution in [0.2, 0.25) is 0 Å². The molecule has 0 fully saturated rings. The van der Waals surface area contributed by atoms with Crippen molar-refractivity contribution in [1.82, 2.24) is 20.1 Å². The Bertz CT molecular complexity index is 1230. The van der Waals surface area contributed by atoms with E-state index in [2.05, 4.69) is 10.6 Å². The second-order valence-corrected chi connectivity index (χ2v) is 9.08. The van der Waals surface area contributed by atoms with Crippen molar-refractivity contribution in [2.75, 3.05) is 13.6 Å². The monoisotopic (exact) mass is 462 g/mol. The standard InChI is InChI=1S/C26H30N4O4/c1-17(2)34-20-11-9-18(10-12-20)14-27-23(31)15-28-25(33)26(3)16-30-21-8-6-5-7-19(21)13-22(30)24(32)29(26)4/h5-13,17H,14-16H2,1-4H3,(H,27,31)(H,28,33). The summed E-state index contributed by atoms with van der Waals surface area (Å²) in [6.45, 7) is 6.11. The van der Waals surface area contributed by atoms with Crippen LogP contribution in [0.5, 0.6) is 5.75 Å². The van der Waals surface area contributed by atoms with Gasteiger partial charge in [-0.3, -0.25) is 14.4 Å². The summed E-state index contributed by atoms with van der Waals surface area (Å²) in [4.78, 5) is 40.0. The molecule has 3 aromatic rings. The van der Waals surface area contributed by atoms with Gasteiger partial charge in [0.15, 0.2) is 0 Å². The summed E-state index contributed by atoms with van der Waals surface area (Å²) in [6, 6.07) is 17.1. The number of hydrogen-bond acceptors (Lipinski definition) is 4. The van der Waals surface area contributed by atoms with Gasteiger partial charge in [0.25, 0.3) is 5.91 Å². The molecule has 0 spiro atoms. The van der Waals surface area contributed by atoms with Crippen LogP contribution in [-0.4, -0.2) is 52.4 Å². The second-order valence-electron chi connectivity index (χ2n) is 9.08. The predicted octanol–water partition coefficient (Wildman–Crippen LogP) is 2.71. The third kappa shape index (κ3) is 4.48. The quantitative estimate of drug-likeness (QED) is 0.565. The Kier molecular flexibility index (Phi) is 6.32. The normalized spacial score (nSPS) is 17.6. The van der Waals surface area contributed by atoms with E-state index in [9.17, 15) is 14.4 Å². The van der Waals surface area contributed by atoms with E-state index in [1.165, 1.54) is 4.90 Å². The number of carbonyl (C=O) groups is 3. The Balaban J connectivity index is 1.36. The number of amides is 3. The lowest BCUT2D eigenvalue weighted by Crippen LogP contribution is -2.63. The van der Waals surface area contributed by atoms with E-state index in [0.717, 1.165) is 22.2 Å². The van der Waals surface area contributed by atoms with Gasteiger partial charge < -0.3 is 24.8 Å². The van der Waals surface area contributed by atoms with E-state index in [0.29, 0.717) is 18.8 Å². The molecule has 178 valence electrons. The number of nitrogens with one attached hydrogen (secondary N) is 2. The van der Waals surface area contributed by atoms with E-state index in [1.54, 1.807) is 14.0 Å². The molecule has 2 aromatic carbocycles. The lowest BCUT2D eigenvalue weighted by atomic mass is 9.95. The average molecular weight is 463 g/mol. The average Bonchev–Trinajstić information content (AvgIpc) is 3.18. The van der Waals surface area contributed by atoms with Gasteiger partial charge in [-0.15, -0.1) is 0 Å². The number of benzene rings is 2. The van der Waals surface area contributed by atoms with Gasteiger partial charge in [-0.1, -0.05) is 30.3 Å². The molecule has 8 heteroatoms. The molecule has 0 bridgehead atoms. The molecule has 1 aliphatic rings. The minimum Gasteiger partial charge on any atom is -0.491 e. The Labute approximate surface area is 198 Å². The molecule has 8 nitrogen and oxygen atoms in total. The Morgan fingerprint density at radius 2 is 1.79 bits per heavy atom. The number of aromatic nitrogens is 1. The molecule has 1 aromatic heterocycles. The lowest BCUT2D eigenvalue weighted by Gasteiger charge is -2.41. The largest absolute Gasteiger partial charge is 0.491 e. The first-order valence-corrected chi connectivity index (χ1v) is 11.4. The van der Waals surface area contributed by atoms with Gasteiger partial charge in [-0.2, -0.15) is 0 Å². The number of ether oxygens (including phenoxy) is 1. The minimum absolute atomic E-state index is 0.0948. The minimum atomic E-state index is -1.13. The summed E-state index contributed by atoms with van der Waals surface area (Å²) >= 11 is 0. The van der Waals surface area contributed by atoms with Crippen LogP contribution in [0.1, 0.15) is 36.8 Å². The number of carbonyl (C=O) groups excluding carboxylic acids is 3. The zero-order valence-electron chi connectivity index (χ0n) is 19.9. The molecule has 0 radical (unpaired) electrons. The molecule has 2 N–H and O–H groups in total. The maximum absolute atomic E-state index is 13.1. The van der Waals surface area contributed by atoms with Gasteiger partial charge in [0, 0.05) is 24.5 Å². The van der Waals surface area contributed by atoms with Crippen molar-refractivity contribution in [2.45, 2.75) is 45.5 Å². The molecular weight excluding hydrogens is 432 g/mol. The van der Waals surface area contributed by atoms with Gasteiger partial charge in [-0.05, 0) is 50.6 Å². The van der Waals surface area contributed by atoms with Gasteiger partial charge in [-0.25, -0.2) is 0 Å². The van der Waals surface area contributed by atoms with E-state index in [-0.39, 0.29) is 30.4 Å². The molecule has 3 amide bonds. The first-order valence-electron chi connectivity index (χ1n) is 11.4. The molecule has 0 saturated carbocycles. The SMILES string of the molecule is CC(C)Oc1ccc(CNC(=O)CNC(=O)C2(C)Cn3c(cc4ccccc43)C(=O)N2C)cc1. The predicted molar refractivity (Wildman–Crippen MR) is 129 cm³/mol. The summed E-state index contributed by atoms with van der Waals surface area (Å²) in [5, 5.41) is 6.46. The number of likely N-dealkylation sites (N-methyl/N-ethyl adjacent to an activating group) is 1.